The quantitative estimate of drug-likeness (QED) is 0.676. The first-order valence-electron chi connectivity index (χ1n) is 7.89. The van der Waals surface area contributed by atoms with E-state index in [1.54, 1.807) is 30.3 Å². The largest absolute Gasteiger partial charge is 0.375 e. The molecule has 0 spiro atoms. The number of rotatable bonds is 5. The van der Waals surface area contributed by atoms with Gasteiger partial charge in [-0.1, -0.05) is 60.5 Å². The van der Waals surface area contributed by atoms with Gasteiger partial charge < -0.3 is 5.11 Å². The number of ketones is 1. The molecular formula is C21H17NO3. The molecule has 1 amide bonds. The van der Waals surface area contributed by atoms with Gasteiger partial charge in [0.15, 0.2) is 11.4 Å². The average molecular weight is 331 g/mol. The standard InChI is InChI=1S/C21H17NO3/c1-2-14-22-19-11-7-6-10-18(19)21(25,20(22)24)15-17(23)13-12-16-8-4-3-5-9-16/h1,3-13,25H,14-15H2/b13-12+/t21-/m0/s1. The highest BCUT2D eigenvalue weighted by Gasteiger charge is 2.50. The zero-order chi connectivity index (χ0) is 17.9. The number of aliphatic hydroxyl groups is 1. The molecule has 4 heteroatoms. The van der Waals surface area contributed by atoms with Gasteiger partial charge in [-0.2, -0.15) is 0 Å². The molecule has 1 N–H and O–H groups in total. The number of hydrogen-bond donors (Lipinski definition) is 1. The Morgan fingerprint density at radius 3 is 2.56 bits per heavy atom. The van der Waals surface area contributed by atoms with Crippen LogP contribution in [0.25, 0.3) is 6.08 Å². The molecule has 3 rings (SSSR count). The van der Waals surface area contributed by atoms with Gasteiger partial charge in [0.05, 0.1) is 18.7 Å². The molecule has 0 aliphatic carbocycles. The summed E-state index contributed by atoms with van der Waals surface area (Å²) in [7, 11) is 0. The first-order chi connectivity index (χ1) is 12.1. The van der Waals surface area contributed by atoms with Crippen molar-refractivity contribution in [2.75, 3.05) is 11.4 Å². The molecule has 124 valence electrons. The number of fused-ring (bicyclic) bond motifs is 1. The van der Waals surface area contributed by atoms with Crippen LogP contribution in [0.2, 0.25) is 0 Å². The van der Waals surface area contributed by atoms with Crippen molar-refractivity contribution in [1.29, 1.82) is 0 Å². The summed E-state index contributed by atoms with van der Waals surface area (Å²) in [6.07, 6.45) is 8.04. The van der Waals surface area contributed by atoms with Gasteiger partial charge in [0.25, 0.3) is 5.91 Å². The van der Waals surface area contributed by atoms with Gasteiger partial charge in [0.1, 0.15) is 0 Å². The lowest BCUT2D eigenvalue weighted by Gasteiger charge is -2.21. The van der Waals surface area contributed by atoms with Gasteiger partial charge >= 0.3 is 0 Å². The smallest absolute Gasteiger partial charge is 0.265 e. The highest BCUT2D eigenvalue weighted by molar-refractivity contribution is 6.10. The van der Waals surface area contributed by atoms with Gasteiger partial charge in [0, 0.05) is 5.56 Å². The van der Waals surface area contributed by atoms with E-state index in [9.17, 15) is 14.7 Å². The lowest BCUT2D eigenvalue weighted by Crippen LogP contribution is -2.41. The van der Waals surface area contributed by atoms with E-state index in [0.717, 1.165) is 5.56 Å². The zero-order valence-electron chi connectivity index (χ0n) is 13.6. The maximum Gasteiger partial charge on any atom is 0.265 e. The third kappa shape index (κ3) is 3.10. The molecule has 4 nitrogen and oxygen atoms in total. The second-order valence-corrected chi connectivity index (χ2v) is 5.86. The Kier molecular flexibility index (Phi) is 4.51. The molecule has 0 radical (unpaired) electrons. The Hall–Kier alpha value is -3.16. The molecule has 1 aliphatic heterocycles. The van der Waals surface area contributed by atoms with Crippen LogP contribution < -0.4 is 4.90 Å². The summed E-state index contributed by atoms with van der Waals surface area (Å²) in [6, 6.07) is 16.2. The summed E-state index contributed by atoms with van der Waals surface area (Å²) in [5.74, 6) is 1.52. The van der Waals surface area contributed by atoms with Crippen molar-refractivity contribution in [3.05, 3.63) is 71.8 Å². The lowest BCUT2D eigenvalue weighted by molar-refractivity contribution is -0.140. The van der Waals surface area contributed by atoms with Crippen molar-refractivity contribution in [3.8, 4) is 12.3 Å². The minimum atomic E-state index is -1.88. The minimum Gasteiger partial charge on any atom is -0.375 e. The Bertz CT molecular complexity index is 880. The second kappa shape index (κ2) is 6.76. The number of carbonyl (C=O) groups is 2. The van der Waals surface area contributed by atoms with Crippen LogP contribution in [0, 0.1) is 12.3 Å². The fraction of sp³-hybridized carbons (Fsp3) is 0.143. The van der Waals surface area contributed by atoms with Crippen molar-refractivity contribution in [2.45, 2.75) is 12.0 Å². The molecule has 0 unspecified atom stereocenters. The molecule has 1 heterocycles. The summed E-state index contributed by atoms with van der Waals surface area (Å²) >= 11 is 0. The minimum absolute atomic E-state index is 0.0478. The molecule has 0 fully saturated rings. The van der Waals surface area contributed by atoms with Crippen molar-refractivity contribution >= 4 is 23.5 Å². The predicted octanol–water partition coefficient (Wildman–Crippen LogP) is 2.53. The number of benzene rings is 2. The summed E-state index contributed by atoms with van der Waals surface area (Å²) in [5, 5.41) is 11.0. The van der Waals surface area contributed by atoms with Crippen LogP contribution in [-0.4, -0.2) is 23.3 Å². The van der Waals surface area contributed by atoms with E-state index in [1.807, 2.05) is 30.3 Å². The van der Waals surface area contributed by atoms with Crippen LogP contribution in [0.5, 0.6) is 0 Å². The van der Waals surface area contributed by atoms with Crippen molar-refractivity contribution in [2.24, 2.45) is 0 Å². The molecule has 2 aromatic rings. The maximum atomic E-state index is 12.7. The van der Waals surface area contributed by atoms with Crippen molar-refractivity contribution < 1.29 is 14.7 Å². The van der Waals surface area contributed by atoms with Crippen LogP contribution in [-0.2, 0) is 15.2 Å². The number of terminal acetylenes is 1. The normalized spacial score (nSPS) is 19.0. The average Bonchev–Trinajstić information content (AvgIpc) is 2.83. The Morgan fingerprint density at radius 1 is 1.16 bits per heavy atom. The van der Waals surface area contributed by atoms with Crippen LogP contribution in [0.4, 0.5) is 5.69 Å². The number of amides is 1. The summed E-state index contributed by atoms with van der Waals surface area (Å²) in [6.45, 7) is 0.0478. The van der Waals surface area contributed by atoms with Crippen LogP contribution in [0.15, 0.2) is 60.7 Å². The molecule has 0 saturated carbocycles. The van der Waals surface area contributed by atoms with E-state index < -0.39 is 11.5 Å². The zero-order valence-corrected chi connectivity index (χ0v) is 13.6. The maximum absolute atomic E-state index is 12.7. The number of para-hydroxylation sites is 1. The Labute approximate surface area is 146 Å². The third-order valence-electron chi connectivity index (χ3n) is 4.18. The van der Waals surface area contributed by atoms with E-state index in [0.29, 0.717) is 11.3 Å². The van der Waals surface area contributed by atoms with E-state index >= 15 is 0 Å². The Balaban J connectivity index is 1.86. The van der Waals surface area contributed by atoms with Gasteiger partial charge in [-0.25, -0.2) is 0 Å². The Morgan fingerprint density at radius 2 is 1.84 bits per heavy atom. The second-order valence-electron chi connectivity index (χ2n) is 5.86. The van der Waals surface area contributed by atoms with Crippen molar-refractivity contribution in [1.82, 2.24) is 0 Å². The molecule has 0 bridgehead atoms. The van der Waals surface area contributed by atoms with E-state index in [-0.39, 0.29) is 18.7 Å². The van der Waals surface area contributed by atoms with Crippen LogP contribution >= 0.6 is 0 Å². The number of hydrogen-bond acceptors (Lipinski definition) is 3. The predicted molar refractivity (Wildman–Crippen MR) is 96.6 cm³/mol. The van der Waals surface area contributed by atoms with Gasteiger partial charge in [-0.3, -0.25) is 14.5 Å². The van der Waals surface area contributed by atoms with Gasteiger partial charge in [-0.05, 0) is 17.7 Å². The monoisotopic (exact) mass is 331 g/mol. The van der Waals surface area contributed by atoms with Crippen LogP contribution in [0.3, 0.4) is 0 Å². The van der Waals surface area contributed by atoms with E-state index in [1.165, 1.54) is 11.0 Å². The summed E-state index contributed by atoms with van der Waals surface area (Å²) in [4.78, 5) is 26.4. The lowest BCUT2D eigenvalue weighted by atomic mass is 9.90. The molecule has 2 aromatic carbocycles. The summed E-state index contributed by atoms with van der Waals surface area (Å²) in [5.41, 5.74) is -0.0506. The van der Waals surface area contributed by atoms with Crippen LogP contribution in [0.1, 0.15) is 17.5 Å². The third-order valence-corrected chi connectivity index (χ3v) is 4.18. The number of allylic oxidation sites excluding steroid dienone is 1. The topological polar surface area (TPSA) is 57.6 Å². The first kappa shape index (κ1) is 16.7. The molecule has 0 aromatic heterocycles. The fourth-order valence-electron chi connectivity index (χ4n) is 2.99. The SMILES string of the molecule is C#CCN1C(=O)[C@](O)(CC(=O)/C=C/c2ccccc2)c2ccccc21. The number of anilines is 1. The highest BCUT2D eigenvalue weighted by atomic mass is 16.3. The first-order valence-corrected chi connectivity index (χ1v) is 7.89. The van der Waals surface area contributed by atoms with Crippen molar-refractivity contribution in [3.63, 3.8) is 0 Å². The molecule has 0 saturated heterocycles. The van der Waals surface area contributed by atoms with E-state index in [4.69, 9.17) is 6.42 Å². The van der Waals surface area contributed by atoms with E-state index in [2.05, 4.69) is 5.92 Å². The fourth-order valence-corrected chi connectivity index (χ4v) is 2.99. The molecule has 25 heavy (non-hydrogen) atoms. The number of carbonyl (C=O) groups excluding carboxylic acids is 2. The molecular weight excluding hydrogens is 314 g/mol. The highest BCUT2D eigenvalue weighted by Crippen LogP contribution is 2.42. The molecule has 1 atom stereocenters. The van der Waals surface area contributed by atoms with Gasteiger partial charge in [0.2, 0.25) is 0 Å². The van der Waals surface area contributed by atoms with Gasteiger partial charge in [-0.15, -0.1) is 6.42 Å². The molecule has 1 aliphatic rings. The number of nitrogens with zero attached hydrogens (tertiary/aromatic N) is 1. The summed E-state index contributed by atoms with van der Waals surface area (Å²) < 4.78 is 0.